The van der Waals surface area contributed by atoms with Crippen LogP contribution in [-0.4, -0.2) is 35.2 Å². The van der Waals surface area contributed by atoms with Crippen LogP contribution in [0.25, 0.3) is 0 Å². The molecule has 2 N–H and O–H groups in total. The minimum Gasteiger partial charge on any atom is -0.391 e. The van der Waals surface area contributed by atoms with Crippen LogP contribution in [0.1, 0.15) is 36.4 Å². The highest BCUT2D eigenvalue weighted by molar-refractivity contribution is 9.10. The van der Waals surface area contributed by atoms with Gasteiger partial charge in [0.1, 0.15) is 0 Å². The SMILES string of the molecule is O=C(NC1CCc2c(Br)cccc21)N1CCCC(O)C1. The molecule has 0 aromatic heterocycles. The minimum atomic E-state index is -0.375. The monoisotopic (exact) mass is 338 g/mol. The number of rotatable bonds is 1. The summed E-state index contributed by atoms with van der Waals surface area (Å²) < 4.78 is 1.13. The Kier molecular flexibility index (Phi) is 3.98. The van der Waals surface area contributed by atoms with E-state index in [-0.39, 0.29) is 18.2 Å². The van der Waals surface area contributed by atoms with E-state index < -0.39 is 0 Å². The molecule has 2 unspecified atom stereocenters. The van der Waals surface area contributed by atoms with Gasteiger partial charge in [0.15, 0.2) is 0 Å². The molecule has 1 saturated heterocycles. The second-order valence-electron chi connectivity index (χ2n) is 5.59. The molecule has 0 spiro atoms. The van der Waals surface area contributed by atoms with E-state index in [1.54, 1.807) is 4.90 Å². The highest BCUT2D eigenvalue weighted by Crippen LogP contribution is 2.35. The van der Waals surface area contributed by atoms with Gasteiger partial charge < -0.3 is 15.3 Å². The Morgan fingerprint density at radius 2 is 2.25 bits per heavy atom. The number of aliphatic hydroxyl groups excluding tert-OH is 1. The second-order valence-corrected chi connectivity index (χ2v) is 6.44. The Morgan fingerprint density at radius 3 is 3.05 bits per heavy atom. The van der Waals surface area contributed by atoms with Crippen LogP contribution in [0.4, 0.5) is 4.79 Å². The summed E-state index contributed by atoms with van der Waals surface area (Å²) in [6, 6.07) is 6.18. The van der Waals surface area contributed by atoms with Crippen LogP contribution >= 0.6 is 15.9 Å². The van der Waals surface area contributed by atoms with Crippen LogP contribution in [0.3, 0.4) is 0 Å². The zero-order valence-corrected chi connectivity index (χ0v) is 12.9. The molecule has 1 aromatic rings. The smallest absolute Gasteiger partial charge is 0.317 e. The number of hydrogen-bond acceptors (Lipinski definition) is 2. The molecule has 3 rings (SSSR count). The number of carbonyl (C=O) groups is 1. The number of hydrogen-bond donors (Lipinski definition) is 2. The normalized spacial score (nSPS) is 25.4. The number of likely N-dealkylation sites (tertiary alicyclic amines) is 1. The van der Waals surface area contributed by atoms with Gasteiger partial charge in [0.2, 0.25) is 0 Å². The standard InChI is InChI=1S/C15H19BrN2O2/c16-13-5-1-4-12-11(13)6-7-14(12)17-15(20)18-8-2-3-10(19)9-18/h1,4-5,10,14,19H,2-3,6-9H2,(H,17,20). The van der Waals surface area contributed by atoms with Crippen LogP contribution in [0.5, 0.6) is 0 Å². The van der Waals surface area contributed by atoms with Crippen molar-refractivity contribution in [3.8, 4) is 0 Å². The fraction of sp³-hybridized carbons (Fsp3) is 0.533. The van der Waals surface area contributed by atoms with Crippen molar-refractivity contribution in [1.29, 1.82) is 0 Å². The fourth-order valence-corrected chi connectivity index (χ4v) is 3.72. The number of halogens is 1. The molecule has 2 atom stereocenters. The van der Waals surface area contributed by atoms with Crippen LogP contribution in [0, 0.1) is 0 Å². The van der Waals surface area contributed by atoms with E-state index in [1.807, 2.05) is 12.1 Å². The van der Waals surface area contributed by atoms with E-state index in [0.717, 1.165) is 36.7 Å². The predicted octanol–water partition coefficient (Wildman–Crippen LogP) is 2.60. The van der Waals surface area contributed by atoms with Crippen LogP contribution in [0.2, 0.25) is 0 Å². The predicted molar refractivity (Wildman–Crippen MR) is 80.5 cm³/mol. The molecule has 1 aromatic carbocycles. The molecular formula is C15H19BrN2O2. The Bertz CT molecular complexity index is 521. The van der Waals surface area contributed by atoms with Gasteiger partial charge in [-0.3, -0.25) is 0 Å². The number of benzene rings is 1. The fourth-order valence-electron chi connectivity index (χ4n) is 3.14. The van der Waals surface area contributed by atoms with E-state index >= 15 is 0 Å². The molecule has 0 radical (unpaired) electrons. The van der Waals surface area contributed by atoms with E-state index in [1.165, 1.54) is 11.1 Å². The van der Waals surface area contributed by atoms with Gasteiger partial charge in [0.05, 0.1) is 12.1 Å². The lowest BCUT2D eigenvalue weighted by molar-refractivity contribution is 0.0833. The van der Waals surface area contributed by atoms with E-state index in [2.05, 4.69) is 27.3 Å². The Labute approximate surface area is 127 Å². The Balaban J connectivity index is 1.68. The van der Waals surface area contributed by atoms with Gasteiger partial charge in [-0.2, -0.15) is 0 Å². The highest BCUT2D eigenvalue weighted by atomic mass is 79.9. The number of fused-ring (bicyclic) bond motifs is 1. The summed E-state index contributed by atoms with van der Waals surface area (Å²) in [5.41, 5.74) is 2.52. The van der Waals surface area contributed by atoms with Gasteiger partial charge in [-0.05, 0) is 42.9 Å². The number of amides is 2. The van der Waals surface area contributed by atoms with Crippen molar-refractivity contribution >= 4 is 22.0 Å². The zero-order chi connectivity index (χ0) is 14.1. The first kappa shape index (κ1) is 13.9. The molecule has 2 amide bonds. The molecule has 2 aliphatic rings. The average molecular weight is 339 g/mol. The van der Waals surface area contributed by atoms with Gasteiger partial charge in [0, 0.05) is 17.6 Å². The third kappa shape index (κ3) is 2.69. The quantitative estimate of drug-likeness (QED) is 0.826. The molecule has 1 heterocycles. The molecule has 0 bridgehead atoms. The third-order valence-corrected chi connectivity index (χ3v) is 4.94. The number of urea groups is 1. The summed E-state index contributed by atoms with van der Waals surface area (Å²) in [7, 11) is 0. The van der Waals surface area contributed by atoms with Gasteiger partial charge in [-0.25, -0.2) is 4.79 Å². The molecule has 1 fully saturated rings. The Morgan fingerprint density at radius 1 is 1.40 bits per heavy atom. The first-order chi connectivity index (χ1) is 9.65. The first-order valence-electron chi connectivity index (χ1n) is 7.16. The van der Waals surface area contributed by atoms with E-state index in [4.69, 9.17) is 0 Å². The molecule has 108 valence electrons. The average Bonchev–Trinajstić information content (AvgIpc) is 2.83. The van der Waals surface area contributed by atoms with Gasteiger partial charge in [0.25, 0.3) is 0 Å². The maximum Gasteiger partial charge on any atom is 0.317 e. The lowest BCUT2D eigenvalue weighted by atomic mass is 10.1. The molecule has 1 aliphatic carbocycles. The highest BCUT2D eigenvalue weighted by Gasteiger charge is 2.28. The van der Waals surface area contributed by atoms with Crippen molar-refractivity contribution in [2.45, 2.75) is 37.8 Å². The molecule has 4 nitrogen and oxygen atoms in total. The lowest BCUT2D eigenvalue weighted by Crippen LogP contribution is -2.47. The minimum absolute atomic E-state index is 0.0541. The van der Waals surface area contributed by atoms with Crippen LogP contribution in [0.15, 0.2) is 22.7 Å². The van der Waals surface area contributed by atoms with Crippen molar-refractivity contribution in [2.24, 2.45) is 0 Å². The first-order valence-corrected chi connectivity index (χ1v) is 7.95. The molecular weight excluding hydrogens is 320 g/mol. The molecule has 1 aliphatic heterocycles. The van der Waals surface area contributed by atoms with Crippen LogP contribution in [-0.2, 0) is 6.42 Å². The number of nitrogens with one attached hydrogen (secondary N) is 1. The van der Waals surface area contributed by atoms with Gasteiger partial charge in [-0.15, -0.1) is 0 Å². The summed E-state index contributed by atoms with van der Waals surface area (Å²) in [6.45, 7) is 1.19. The number of β-amino-alcohol motifs (C(OH)–C–C–N with tert-alkyl or cyclic N) is 1. The van der Waals surface area contributed by atoms with Crippen molar-refractivity contribution in [3.63, 3.8) is 0 Å². The number of piperidine rings is 1. The van der Waals surface area contributed by atoms with E-state index in [0.29, 0.717) is 6.54 Å². The maximum absolute atomic E-state index is 12.3. The van der Waals surface area contributed by atoms with Gasteiger partial charge >= 0.3 is 6.03 Å². The summed E-state index contributed by atoms with van der Waals surface area (Å²) in [6.07, 6.45) is 3.23. The summed E-state index contributed by atoms with van der Waals surface area (Å²) in [5.74, 6) is 0. The number of aliphatic hydroxyl groups is 1. The molecule has 5 heteroatoms. The van der Waals surface area contributed by atoms with Crippen molar-refractivity contribution in [3.05, 3.63) is 33.8 Å². The number of nitrogens with zero attached hydrogens (tertiary/aromatic N) is 1. The largest absolute Gasteiger partial charge is 0.391 e. The number of carbonyl (C=O) groups excluding carboxylic acids is 1. The van der Waals surface area contributed by atoms with Crippen molar-refractivity contribution in [2.75, 3.05) is 13.1 Å². The van der Waals surface area contributed by atoms with Crippen LogP contribution < -0.4 is 5.32 Å². The lowest BCUT2D eigenvalue weighted by Gasteiger charge is -2.31. The molecule has 20 heavy (non-hydrogen) atoms. The van der Waals surface area contributed by atoms with Gasteiger partial charge in [-0.1, -0.05) is 28.1 Å². The van der Waals surface area contributed by atoms with Crippen molar-refractivity contribution < 1.29 is 9.90 Å². The van der Waals surface area contributed by atoms with Crippen molar-refractivity contribution in [1.82, 2.24) is 10.2 Å². The summed E-state index contributed by atoms with van der Waals surface area (Å²) >= 11 is 3.57. The summed E-state index contributed by atoms with van der Waals surface area (Å²) in [4.78, 5) is 14.0. The zero-order valence-electron chi connectivity index (χ0n) is 11.3. The maximum atomic E-state index is 12.3. The Hall–Kier alpha value is -1.07. The summed E-state index contributed by atoms with van der Waals surface area (Å²) in [5, 5.41) is 12.8. The molecule has 0 saturated carbocycles. The second kappa shape index (κ2) is 5.74. The van der Waals surface area contributed by atoms with E-state index in [9.17, 15) is 9.90 Å². The third-order valence-electron chi connectivity index (χ3n) is 4.19. The topological polar surface area (TPSA) is 52.6 Å².